The van der Waals surface area contributed by atoms with Crippen LogP contribution in [0.1, 0.15) is 31.0 Å². The van der Waals surface area contributed by atoms with Crippen molar-refractivity contribution >= 4 is 29.1 Å². The third kappa shape index (κ3) is 5.64. The summed E-state index contributed by atoms with van der Waals surface area (Å²) in [6, 6.07) is 12.9. The van der Waals surface area contributed by atoms with Gasteiger partial charge in [0.25, 0.3) is 0 Å². The number of ether oxygens (including phenoxy) is 1. The Kier molecular flexibility index (Phi) is 7.48. The van der Waals surface area contributed by atoms with Gasteiger partial charge in [0, 0.05) is 50.4 Å². The lowest BCUT2D eigenvalue weighted by Crippen LogP contribution is -2.51. The molecule has 0 aromatic heterocycles. The highest BCUT2D eigenvalue weighted by atomic mass is 16.5. The van der Waals surface area contributed by atoms with E-state index in [1.54, 1.807) is 20.1 Å². The maximum Gasteiger partial charge on any atom is 0.238 e. The number of aryl methyl sites for hydroxylation is 1. The number of piperazine rings is 1. The lowest BCUT2D eigenvalue weighted by Gasteiger charge is -2.41. The number of amides is 3. The molecule has 8 heteroatoms. The first kappa shape index (κ1) is 23.3. The van der Waals surface area contributed by atoms with E-state index >= 15 is 0 Å². The molecule has 0 spiro atoms. The van der Waals surface area contributed by atoms with Gasteiger partial charge < -0.3 is 20.3 Å². The smallest absolute Gasteiger partial charge is 0.238 e. The van der Waals surface area contributed by atoms with Crippen molar-refractivity contribution in [2.24, 2.45) is 0 Å². The maximum absolute atomic E-state index is 12.7. The van der Waals surface area contributed by atoms with Crippen LogP contribution in [0.15, 0.2) is 42.5 Å². The third-order valence-corrected chi connectivity index (χ3v) is 5.57. The van der Waals surface area contributed by atoms with E-state index in [4.69, 9.17) is 4.74 Å². The molecular formula is C24H30N4O4. The average molecular weight is 439 g/mol. The Bertz CT molecular complexity index is 1010. The van der Waals surface area contributed by atoms with Crippen LogP contribution in [0.25, 0.3) is 0 Å². The fourth-order valence-corrected chi connectivity index (χ4v) is 4.00. The van der Waals surface area contributed by atoms with Crippen molar-refractivity contribution in [2.75, 3.05) is 43.9 Å². The fraction of sp³-hybridized carbons (Fsp3) is 0.375. The van der Waals surface area contributed by atoms with E-state index in [1.165, 1.54) is 6.92 Å². The highest BCUT2D eigenvalue weighted by molar-refractivity contribution is 5.94. The molecule has 0 radical (unpaired) electrons. The molecule has 3 rings (SSSR count). The van der Waals surface area contributed by atoms with Crippen molar-refractivity contribution in [3.8, 4) is 5.75 Å². The minimum absolute atomic E-state index is 0.00448. The zero-order chi connectivity index (χ0) is 23.3. The van der Waals surface area contributed by atoms with Crippen molar-refractivity contribution in [1.82, 2.24) is 9.80 Å². The van der Waals surface area contributed by atoms with Gasteiger partial charge in [0.05, 0.1) is 19.7 Å². The van der Waals surface area contributed by atoms with E-state index in [1.807, 2.05) is 53.1 Å². The van der Waals surface area contributed by atoms with Gasteiger partial charge in [0.1, 0.15) is 5.75 Å². The first-order valence-corrected chi connectivity index (χ1v) is 10.6. The van der Waals surface area contributed by atoms with Gasteiger partial charge in [0.2, 0.25) is 17.7 Å². The Hall–Kier alpha value is -3.39. The number of anilines is 2. The molecule has 1 saturated heterocycles. The highest BCUT2D eigenvalue weighted by Crippen LogP contribution is 2.32. The molecule has 0 bridgehead atoms. The molecule has 2 N–H and O–H groups in total. The van der Waals surface area contributed by atoms with Crippen molar-refractivity contribution in [3.05, 3.63) is 53.6 Å². The summed E-state index contributed by atoms with van der Waals surface area (Å²) in [5.74, 6) is 0.398. The van der Waals surface area contributed by atoms with E-state index in [0.29, 0.717) is 31.0 Å². The summed E-state index contributed by atoms with van der Waals surface area (Å²) in [4.78, 5) is 40.2. The maximum atomic E-state index is 12.7. The number of carbonyl (C=O) groups is 3. The molecule has 3 amide bonds. The van der Waals surface area contributed by atoms with Gasteiger partial charge in [-0.2, -0.15) is 0 Å². The second kappa shape index (κ2) is 10.3. The van der Waals surface area contributed by atoms with Crippen LogP contribution >= 0.6 is 0 Å². The number of benzene rings is 2. The number of carbonyl (C=O) groups excluding carboxylic acids is 3. The van der Waals surface area contributed by atoms with Crippen LogP contribution in [0.2, 0.25) is 0 Å². The van der Waals surface area contributed by atoms with Crippen LogP contribution in [-0.2, 0) is 14.4 Å². The van der Waals surface area contributed by atoms with Crippen LogP contribution < -0.4 is 15.4 Å². The molecule has 1 heterocycles. The van der Waals surface area contributed by atoms with Gasteiger partial charge in [-0.25, -0.2) is 0 Å². The molecule has 0 aliphatic carbocycles. The molecule has 1 aliphatic rings. The Morgan fingerprint density at radius 3 is 2.50 bits per heavy atom. The number of rotatable bonds is 6. The SMILES string of the molecule is COc1ccccc1[C@@H]1CN(CC(=O)Nc2ccc(C)c(NC(C)=O)c2)CCN1C(C)=O. The molecule has 32 heavy (non-hydrogen) atoms. The largest absolute Gasteiger partial charge is 0.496 e. The minimum Gasteiger partial charge on any atom is -0.496 e. The summed E-state index contributed by atoms with van der Waals surface area (Å²) in [6.45, 7) is 6.76. The summed E-state index contributed by atoms with van der Waals surface area (Å²) >= 11 is 0. The Labute approximate surface area is 188 Å². The number of methoxy groups -OCH3 is 1. The van der Waals surface area contributed by atoms with E-state index in [2.05, 4.69) is 10.6 Å². The van der Waals surface area contributed by atoms with Crippen molar-refractivity contribution in [2.45, 2.75) is 26.8 Å². The third-order valence-electron chi connectivity index (χ3n) is 5.57. The van der Waals surface area contributed by atoms with Crippen molar-refractivity contribution in [3.63, 3.8) is 0 Å². The van der Waals surface area contributed by atoms with Gasteiger partial charge in [-0.05, 0) is 30.7 Å². The summed E-state index contributed by atoms with van der Waals surface area (Å²) in [5, 5.41) is 5.67. The quantitative estimate of drug-likeness (QED) is 0.724. The number of para-hydroxylation sites is 1. The Morgan fingerprint density at radius 2 is 1.81 bits per heavy atom. The standard InChI is InChI=1S/C24H30N4O4/c1-16-9-10-19(13-21(16)25-17(2)29)26-24(31)15-27-11-12-28(18(3)30)22(14-27)20-7-5-6-8-23(20)32-4/h5-10,13,22H,11-12,14-15H2,1-4H3,(H,25,29)(H,26,31)/t22-/m0/s1. The molecular weight excluding hydrogens is 408 g/mol. The molecule has 1 atom stereocenters. The topological polar surface area (TPSA) is 91.0 Å². The summed E-state index contributed by atoms with van der Waals surface area (Å²) < 4.78 is 5.50. The number of nitrogens with one attached hydrogen (secondary N) is 2. The first-order valence-electron chi connectivity index (χ1n) is 10.6. The van der Waals surface area contributed by atoms with Gasteiger partial charge in [0.15, 0.2) is 0 Å². The van der Waals surface area contributed by atoms with Gasteiger partial charge in [-0.15, -0.1) is 0 Å². The van der Waals surface area contributed by atoms with Crippen molar-refractivity contribution < 1.29 is 19.1 Å². The average Bonchev–Trinajstić information content (AvgIpc) is 2.75. The van der Waals surface area contributed by atoms with E-state index in [0.717, 1.165) is 16.9 Å². The second-order valence-corrected chi connectivity index (χ2v) is 7.96. The predicted octanol–water partition coefficient (Wildman–Crippen LogP) is 2.81. The van der Waals surface area contributed by atoms with Crippen LogP contribution in [0.3, 0.4) is 0 Å². The predicted molar refractivity (Wildman–Crippen MR) is 124 cm³/mol. The van der Waals surface area contributed by atoms with Crippen LogP contribution in [-0.4, -0.2) is 60.8 Å². The zero-order valence-corrected chi connectivity index (χ0v) is 19.0. The molecule has 2 aromatic rings. The van der Waals surface area contributed by atoms with Gasteiger partial charge >= 0.3 is 0 Å². The molecule has 0 unspecified atom stereocenters. The van der Waals surface area contributed by atoms with E-state index in [9.17, 15) is 14.4 Å². The lowest BCUT2D eigenvalue weighted by atomic mass is 10.0. The molecule has 8 nitrogen and oxygen atoms in total. The fourth-order valence-electron chi connectivity index (χ4n) is 4.00. The monoisotopic (exact) mass is 438 g/mol. The minimum atomic E-state index is -0.198. The van der Waals surface area contributed by atoms with E-state index in [-0.39, 0.29) is 30.3 Å². The lowest BCUT2D eigenvalue weighted by molar-refractivity contribution is -0.134. The molecule has 170 valence electrons. The normalized spacial score (nSPS) is 16.4. The van der Waals surface area contributed by atoms with Crippen LogP contribution in [0.4, 0.5) is 11.4 Å². The molecule has 1 fully saturated rings. The summed E-state index contributed by atoms with van der Waals surface area (Å²) in [7, 11) is 1.61. The zero-order valence-electron chi connectivity index (χ0n) is 19.0. The number of hydrogen-bond donors (Lipinski definition) is 2. The van der Waals surface area contributed by atoms with Crippen LogP contribution in [0, 0.1) is 6.92 Å². The second-order valence-electron chi connectivity index (χ2n) is 7.96. The van der Waals surface area contributed by atoms with Gasteiger partial charge in [-0.3, -0.25) is 19.3 Å². The highest BCUT2D eigenvalue weighted by Gasteiger charge is 2.32. The molecule has 2 aromatic carbocycles. The Morgan fingerprint density at radius 1 is 1.06 bits per heavy atom. The Balaban J connectivity index is 1.70. The summed E-state index contributed by atoms with van der Waals surface area (Å²) in [5.41, 5.74) is 3.13. The van der Waals surface area contributed by atoms with Crippen molar-refractivity contribution in [1.29, 1.82) is 0 Å². The number of nitrogens with zero attached hydrogens (tertiary/aromatic N) is 2. The summed E-state index contributed by atoms with van der Waals surface area (Å²) in [6.07, 6.45) is 0. The first-order chi connectivity index (χ1) is 15.3. The molecule has 1 aliphatic heterocycles. The van der Waals surface area contributed by atoms with Crippen LogP contribution in [0.5, 0.6) is 5.75 Å². The molecule has 0 saturated carbocycles. The number of hydrogen-bond acceptors (Lipinski definition) is 5. The van der Waals surface area contributed by atoms with E-state index < -0.39 is 0 Å². The van der Waals surface area contributed by atoms with Gasteiger partial charge in [-0.1, -0.05) is 24.3 Å².